The van der Waals surface area contributed by atoms with E-state index in [1.807, 2.05) is 30.5 Å². The number of H-pyrrole nitrogens is 1. The molecule has 2 heterocycles. The summed E-state index contributed by atoms with van der Waals surface area (Å²) in [6, 6.07) is 14.2. The molecule has 0 radical (unpaired) electrons. The highest BCUT2D eigenvalue weighted by Gasteiger charge is 2.13. The summed E-state index contributed by atoms with van der Waals surface area (Å²) >= 11 is 7.81. The number of halogens is 1. The third kappa shape index (κ3) is 3.97. The summed E-state index contributed by atoms with van der Waals surface area (Å²) in [5.41, 5.74) is 1.06. The fraction of sp³-hybridized carbons (Fsp3) is 0.300. The number of hydrogen-bond donors (Lipinski definition) is 1. The van der Waals surface area contributed by atoms with Crippen molar-refractivity contribution in [3.05, 3.63) is 53.7 Å². The number of benzene rings is 2. The monoisotopic (exact) mass is 372 g/mol. The molecule has 0 saturated carbocycles. The summed E-state index contributed by atoms with van der Waals surface area (Å²) in [5.74, 6) is 0.926. The van der Waals surface area contributed by atoms with E-state index in [2.05, 4.69) is 28.1 Å². The van der Waals surface area contributed by atoms with Crippen molar-refractivity contribution in [2.45, 2.75) is 22.6 Å². The van der Waals surface area contributed by atoms with Crippen LogP contribution < -0.4 is 4.74 Å². The zero-order valence-electron chi connectivity index (χ0n) is 14.0. The normalized spacial score (nSPS) is 15.1. The molecular formula is C20H21ClN2OS. The van der Waals surface area contributed by atoms with Crippen LogP contribution >= 0.6 is 23.4 Å². The summed E-state index contributed by atoms with van der Waals surface area (Å²) in [5, 5.41) is 1.94. The summed E-state index contributed by atoms with van der Waals surface area (Å²) < 4.78 is 6.06. The second-order valence-electron chi connectivity index (χ2n) is 6.29. The van der Waals surface area contributed by atoms with E-state index in [9.17, 15) is 0 Å². The first kappa shape index (κ1) is 16.8. The minimum Gasteiger partial charge on any atom is -0.490 e. The lowest BCUT2D eigenvalue weighted by Crippen LogP contribution is -2.25. The van der Waals surface area contributed by atoms with Gasteiger partial charge in [0.1, 0.15) is 12.4 Å². The Hall–Kier alpha value is -1.62. The Balaban J connectivity index is 1.49. The number of aromatic amines is 1. The predicted molar refractivity (Wildman–Crippen MR) is 105 cm³/mol. The summed E-state index contributed by atoms with van der Waals surface area (Å²) in [4.78, 5) is 8.16. The summed E-state index contributed by atoms with van der Waals surface area (Å²) in [7, 11) is 0. The van der Waals surface area contributed by atoms with Crippen LogP contribution in [0.2, 0.25) is 5.02 Å². The first-order valence-corrected chi connectivity index (χ1v) is 9.88. The number of fused-ring (bicyclic) bond motifs is 1. The molecule has 1 saturated heterocycles. The molecule has 1 aliphatic rings. The van der Waals surface area contributed by atoms with Gasteiger partial charge in [0.2, 0.25) is 0 Å². The van der Waals surface area contributed by atoms with Crippen LogP contribution in [0.5, 0.6) is 5.75 Å². The lowest BCUT2D eigenvalue weighted by atomic mass is 10.2. The first-order valence-electron chi connectivity index (χ1n) is 8.68. The average molecular weight is 373 g/mol. The fourth-order valence-electron chi connectivity index (χ4n) is 3.25. The van der Waals surface area contributed by atoms with Gasteiger partial charge in [-0.2, -0.15) is 0 Å². The minimum absolute atomic E-state index is 0.731. The van der Waals surface area contributed by atoms with E-state index in [1.165, 1.54) is 36.2 Å². The number of hydrogen-bond acceptors (Lipinski definition) is 3. The lowest BCUT2D eigenvalue weighted by molar-refractivity contribution is 0.239. The van der Waals surface area contributed by atoms with Gasteiger partial charge in [0.05, 0.1) is 5.52 Å². The molecule has 1 fully saturated rings. The molecule has 4 rings (SSSR count). The van der Waals surface area contributed by atoms with Gasteiger partial charge in [-0.3, -0.25) is 4.90 Å². The largest absolute Gasteiger partial charge is 0.490 e. The van der Waals surface area contributed by atoms with Crippen LogP contribution in [0.3, 0.4) is 0 Å². The topological polar surface area (TPSA) is 28.3 Å². The molecular weight excluding hydrogens is 352 g/mol. The van der Waals surface area contributed by atoms with E-state index in [1.54, 1.807) is 11.8 Å². The number of rotatable bonds is 6. The van der Waals surface area contributed by atoms with Gasteiger partial charge in [0.15, 0.2) is 0 Å². The van der Waals surface area contributed by atoms with Crippen LogP contribution in [-0.2, 0) is 0 Å². The summed E-state index contributed by atoms with van der Waals surface area (Å²) in [6.45, 7) is 4.14. The maximum atomic E-state index is 6.09. The average Bonchev–Trinajstić information content (AvgIpc) is 3.26. The first-order chi connectivity index (χ1) is 12.3. The Morgan fingerprint density at radius 3 is 2.80 bits per heavy atom. The van der Waals surface area contributed by atoms with E-state index in [4.69, 9.17) is 16.3 Å². The predicted octanol–water partition coefficient (Wildman–Crippen LogP) is 5.45. The quantitative estimate of drug-likeness (QED) is 0.623. The van der Waals surface area contributed by atoms with E-state index in [0.717, 1.165) is 34.3 Å². The van der Waals surface area contributed by atoms with Crippen LogP contribution in [0.25, 0.3) is 10.9 Å². The van der Waals surface area contributed by atoms with Gasteiger partial charge in [-0.05, 0) is 50.2 Å². The molecule has 0 amide bonds. The number of ether oxygens (including phenoxy) is 1. The third-order valence-corrected chi connectivity index (χ3v) is 5.81. The van der Waals surface area contributed by atoms with Crippen molar-refractivity contribution in [3.63, 3.8) is 0 Å². The number of nitrogens with one attached hydrogen (secondary N) is 1. The Morgan fingerprint density at radius 2 is 1.96 bits per heavy atom. The van der Waals surface area contributed by atoms with Crippen LogP contribution in [0.4, 0.5) is 0 Å². The summed E-state index contributed by atoms with van der Waals surface area (Å²) in [6.07, 6.45) is 4.68. The lowest BCUT2D eigenvalue weighted by Gasteiger charge is -2.15. The van der Waals surface area contributed by atoms with E-state index < -0.39 is 0 Å². The molecule has 3 nitrogen and oxygen atoms in total. The van der Waals surface area contributed by atoms with Gasteiger partial charge in [0.25, 0.3) is 0 Å². The van der Waals surface area contributed by atoms with Crippen molar-refractivity contribution >= 4 is 34.3 Å². The Kier molecular flexibility index (Phi) is 5.20. The molecule has 2 aromatic carbocycles. The van der Waals surface area contributed by atoms with Crippen molar-refractivity contribution in [3.8, 4) is 5.75 Å². The van der Waals surface area contributed by atoms with Crippen molar-refractivity contribution in [1.82, 2.24) is 9.88 Å². The fourth-order valence-corrected chi connectivity index (χ4v) is 4.49. The zero-order valence-corrected chi connectivity index (χ0v) is 15.6. The third-order valence-electron chi connectivity index (χ3n) is 4.53. The van der Waals surface area contributed by atoms with Crippen molar-refractivity contribution in [2.24, 2.45) is 0 Å². The molecule has 0 bridgehead atoms. The Bertz CT molecular complexity index is 858. The zero-order chi connectivity index (χ0) is 17.1. The molecule has 0 spiro atoms. The molecule has 0 unspecified atom stereocenters. The van der Waals surface area contributed by atoms with Gasteiger partial charge in [-0.25, -0.2) is 0 Å². The van der Waals surface area contributed by atoms with Gasteiger partial charge in [-0.15, -0.1) is 0 Å². The van der Waals surface area contributed by atoms with Gasteiger partial charge in [-0.1, -0.05) is 41.6 Å². The molecule has 25 heavy (non-hydrogen) atoms. The molecule has 1 aromatic heterocycles. The van der Waals surface area contributed by atoms with E-state index in [-0.39, 0.29) is 0 Å². The molecule has 0 aliphatic carbocycles. The number of likely N-dealkylation sites (tertiary alicyclic amines) is 1. The van der Waals surface area contributed by atoms with E-state index in [0.29, 0.717) is 0 Å². The molecule has 130 valence electrons. The van der Waals surface area contributed by atoms with Crippen LogP contribution in [0, 0.1) is 0 Å². The standard InChI is InChI=1S/C20H21ClN2OS/c21-15-5-3-6-16(13-15)25-19-14-22-20-17(19)7-4-8-18(20)24-12-11-23-9-1-2-10-23/h3-8,13-14,22H,1-2,9-12H2. The van der Waals surface area contributed by atoms with Crippen molar-refractivity contribution in [2.75, 3.05) is 26.2 Å². The number of nitrogens with zero attached hydrogens (tertiary/aromatic N) is 1. The van der Waals surface area contributed by atoms with Crippen LogP contribution in [0.15, 0.2) is 58.5 Å². The van der Waals surface area contributed by atoms with Crippen LogP contribution in [0.1, 0.15) is 12.8 Å². The highest BCUT2D eigenvalue weighted by molar-refractivity contribution is 7.99. The SMILES string of the molecule is Clc1cccc(Sc2c[nH]c3c(OCCN4CCCC4)cccc23)c1. The van der Waals surface area contributed by atoms with Crippen molar-refractivity contribution in [1.29, 1.82) is 0 Å². The number of para-hydroxylation sites is 1. The smallest absolute Gasteiger partial charge is 0.143 e. The van der Waals surface area contributed by atoms with Gasteiger partial charge < -0.3 is 9.72 Å². The van der Waals surface area contributed by atoms with Gasteiger partial charge >= 0.3 is 0 Å². The highest BCUT2D eigenvalue weighted by atomic mass is 35.5. The molecule has 0 atom stereocenters. The second-order valence-corrected chi connectivity index (χ2v) is 7.84. The maximum Gasteiger partial charge on any atom is 0.143 e. The van der Waals surface area contributed by atoms with E-state index >= 15 is 0 Å². The number of aromatic nitrogens is 1. The van der Waals surface area contributed by atoms with Crippen molar-refractivity contribution < 1.29 is 4.74 Å². The molecule has 5 heteroatoms. The molecule has 1 N–H and O–H groups in total. The molecule has 3 aromatic rings. The van der Waals surface area contributed by atoms with Gasteiger partial charge in [0, 0.05) is 32.9 Å². The maximum absolute atomic E-state index is 6.09. The minimum atomic E-state index is 0.731. The highest BCUT2D eigenvalue weighted by Crippen LogP contribution is 2.37. The molecule has 1 aliphatic heterocycles. The Morgan fingerprint density at radius 1 is 1.12 bits per heavy atom. The Labute approximate surface area is 157 Å². The van der Waals surface area contributed by atoms with Crippen LogP contribution in [-0.4, -0.2) is 36.1 Å². The second kappa shape index (κ2) is 7.73.